The van der Waals surface area contributed by atoms with Crippen molar-refractivity contribution in [3.05, 3.63) is 130 Å². The molecule has 1 fully saturated rings. The zero-order valence-corrected chi connectivity index (χ0v) is 25.9. The molecule has 3 heterocycles. The van der Waals surface area contributed by atoms with Crippen molar-refractivity contribution in [1.29, 1.82) is 0 Å². The second-order valence-electron chi connectivity index (χ2n) is 10.5. The van der Waals surface area contributed by atoms with Crippen molar-refractivity contribution >= 4 is 28.7 Å². The fourth-order valence-corrected chi connectivity index (χ4v) is 6.17. The maximum absolute atomic E-state index is 11.7. The highest BCUT2D eigenvalue weighted by Gasteiger charge is 2.42. The van der Waals surface area contributed by atoms with Crippen LogP contribution in [0.25, 0.3) is 5.69 Å². The summed E-state index contributed by atoms with van der Waals surface area (Å²) in [5.41, 5.74) is 5.05. The molecule has 5 aromatic rings. The highest BCUT2D eigenvalue weighted by atomic mass is 32.1. The third kappa shape index (κ3) is 5.65. The number of benzene rings is 3. The normalized spacial score (nSPS) is 15.9. The Hall–Kier alpha value is -5.42. The average molecular weight is 622 g/mol. The molecule has 10 nitrogen and oxygen atoms in total. The lowest BCUT2D eigenvalue weighted by Crippen LogP contribution is -2.29. The molecule has 0 amide bonds. The lowest BCUT2D eigenvalue weighted by Gasteiger charge is -2.28. The molecule has 0 bridgehead atoms. The number of anilines is 1. The van der Waals surface area contributed by atoms with Crippen LogP contribution in [0, 0.1) is 24.0 Å². The fourth-order valence-electron chi connectivity index (χ4n) is 5.83. The van der Waals surface area contributed by atoms with Crippen LogP contribution >= 0.6 is 12.2 Å². The van der Waals surface area contributed by atoms with Gasteiger partial charge >= 0.3 is 0 Å². The predicted octanol–water partition coefficient (Wildman–Crippen LogP) is 7.38. The minimum atomic E-state index is -0.405. The predicted molar refractivity (Wildman–Crippen MR) is 176 cm³/mol. The fraction of sp³-hybridized carbons (Fsp3) is 0.176. The van der Waals surface area contributed by atoms with Gasteiger partial charge in [-0.05, 0) is 104 Å². The number of non-ortho nitro benzene ring substituents is 1. The monoisotopic (exact) mass is 621 g/mol. The summed E-state index contributed by atoms with van der Waals surface area (Å²) in [4.78, 5) is 18.0. The summed E-state index contributed by atoms with van der Waals surface area (Å²) in [6, 6.07) is 27.1. The van der Waals surface area contributed by atoms with E-state index in [1.165, 1.54) is 12.1 Å². The number of hydrogen-bond donors (Lipinski definition) is 1. The van der Waals surface area contributed by atoms with Crippen LogP contribution in [0.5, 0.6) is 23.0 Å². The van der Waals surface area contributed by atoms with Gasteiger partial charge in [0.1, 0.15) is 23.0 Å². The van der Waals surface area contributed by atoms with Crippen LogP contribution in [0.2, 0.25) is 0 Å². The SMILES string of the molecule is COc1ccc(Oc2ccc(N3C(=S)N[C@@H](c4ccccn4)[C@@H]3c3cc(C)n(-c4cc([N+](=O)[O-])ccc4OC)c3C)cc2)cc1. The lowest BCUT2D eigenvalue weighted by atomic mass is 9.96. The first kappa shape index (κ1) is 29.6. The van der Waals surface area contributed by atoms with Crippen LogP contribution in [0.3, 0.4) is 0 Å². The highest BCUT2D eigenvalue weighted by Crippen LogP contribution is 2.45. The van der Waals surface area contributed by atoms with Gasteiger partial charge in [-0.1, -0.05) is 6.07 Å². The van der Waals surface area contributed by atoms with Gasteiger partial charge in [0.15, 0.2) is 5.11 Å². The van der Waals surface area contributed by atoms with Crippen molar-refractivity contribution in [3.8, 4) is 28.7 Å². The smallest absolute Gasteiger partial charge is 0.271 e. The molecule has 2 atom stereocenters. The van der Waals surface area contributed by atoms with E-state index in [9.17, 15) is 10.1 Å². The zero-order chi connectivity index (χ0) is 31.7. The first-order chi connectivity index (χ1) is 21.8. The van der Waals surface area contributed by atoms with Gasteiger partial charge in [-0.3, -0.25) is 15.1 Å². The Labute approximate surface area is 266 Å². The topological polar surface area (TPSA) is 104 Å². The van der Waals surface area contributed by atoms with Crippen molar-refractivity contribution in [1.82, 2.24) is 14.9 Å². The molecule has 2 aromatic heterocycles. The molecule has 228 valence electrons. The molecule has 11 heteroatoms. The molecule has 0 spiro atoms. The number of aryl methyl sites for hydroxylation is 1. The van der Waals surface area contributed by atoms with Gasteiger partial charge in [0.2, 0.25) is 0 Å². The number of pyridine rings is 1. The van der Waals surface area contributed by atoms with E-state index in [2.05, 4.69) is 21.3 Å². The molecule has 45 heavy (non-hydrogen) atoms. The standard InChI is InChI=1S/C34H31N5O5S/c1-21-19-28(22(2)37(21)30-20-24(39(40)41)10-17-31(30)43-4)33-32(29-7-5-6-18-35-29)36-34(45)38(33)23-8-11-26(12-9-23)44-27-15-13-25(42-3)14-16-27/h5-20,32-33H,1-4H3,(H,36,45)/t32-,33-/m0/s1. The van der Waals surface area contributed by atoms with Crippen molar-refractivity contribution in [3.63, 3.8) is 0 Å². The summed E-state index contributed by atoms with van der Waals surface area (Å²) in [6.07, 6.45) is 1.77. The van der Waals surface area contributed by atoms with Crippen molar-refractivity contribution in [2.75, 3.05) is 19.1 Å². The number of nitro benzene ring substituents is 1. The summed E-state index contributed by atoms with van der Waals surface area (Å²) >= 11 is 5.94. The minimum absolute atomic E-state index is 0.0199. The van der Waals surface area contributed by atoms with E-state index in [-0.39, 0.29) is 17.8 Å². The van der Waals surface area contributed by atoms with Crippen LogP contribution in [0.1, 0.15) is 34.7 Å². The molecule has 0 saturated carbocycles. The number of rotatable bonds is 9. The number of methoxy groups -OCH3 is 2. The average Bonchev–Trinajstić information content (AvgIpc) is 3.56. The van der Waals surface area contributed by atoms with Gasteiger partial charge in [0, 0.05) is 35.4 Å². The van der Waals surface area contributed by atoms with E-state index in [1.807, 2.05) is 85.1 Å². The van der Waals surface area contributed by atoms with E-state index in [1.54, 1.807) is 26.5 Å². The van der Waals surface area contributed by atoms with Crippen LogP contribution in [-0.4, -0.2) is 33.8 Å². The first-order valence-electron chi connectivity index (χ1n) is 14.2. The van der Waals surface area contributed by atoms with E-state index in [0.717, 1.165) is 34.1 Å². The Kier molecular flexibility index (Phi) is 8.10. The summed E-state index contributed by atoms with van der Waals surface area (Å²) in [5, 5.41) is 15.7. The maximum Gasteiger partial charge on any atom is 0.271 e. The number of ether oxygens (including phenoxy) is 3. The van der Waals surface area contributed by atoms with E-state index in [0.29, 0.717) is 28.0 Å². The molecule has 6 rings (SSSR count). The lowest BCUT2D eigenvalue weighted by molar-refractivity contribution is -0.384. The van der Waals surface area contributed by atoms with Gasteiger partial charge in [0.25, 0.3) is 5.69 Å². The molecule has 0 radical (unpaired) electrons. The molecule has 1 aliphatic rings. The third-order valence-corrected chi connectivity index (χ3v) is 8.23. The molecule has 1 saturated heterocycles. The third-order valence-electron chi connectivity index (χ3n) is 7.91. The van der Waals surface area contributed by atoms with Crippen molar-refractivity contribution in [2.45, 2.75) is 25.9 Å². The Morgan fingerprint density at radius 2 is 1.58 bits per heavy atom. The number of hydrogen-bond acceptors (Lipinski definition) is 7. The quantitative estimate of drug-likeness (QED) is 0.103. The Balaban J connectivity index is 1.42. The first-order valence-corrected chi connectivity index (χ1v) is 14.6. The Bertz CT molecular complexity index is 1860. The second-order valence-corrected chi connectivity index (χ2v) is 10.9. The van der Waals surface area contributed by atoms with Crippen LogP contribution < -0.4 is 24.4 Å². The van der Waals surface area contributed by atoms with Crippen molar-refractivity contribution in [2.24, 2.45) is 0 Å². The summed E-state index contributed by atoms with van der Waals surface area (Å²) in [7, 11) is 3.18. The largest absolute Gasteiger partial charge is 0.497 e. The van der Waals surface area contributed by atoms with E-state index in [4.69, 9.17) is 26.4 Å². The molecular weight excluding hydrogens is 590 g/mol. The zero-order valence-electron chi connectivity index (χ0n) is 25.1. The highest BCUT2D eigenvalue weighted by molar-refractivity contribution is 7.80. The van der Waals surface area contributed by atoms with Gasteiger partial charge < -0.3 is 29.0 Å². The number of nitro groups is 1. The van der Waals surface area contributed by atoms with Gasteiger partial charge in [-0.25, -0.2) is 0 Å². The maximum atomic E-state index is 11.7. The van der Waals surface area contributed by atoms with Gasteiger partial charge in [-0.2, -0.15) is 0 Å². The Morgan fingerprint density at radius 1 is 0.889 bits per heavy atom. The number of thiocarbonyl (C=S) groups is 1. The number of aromatic nitrogens is 2. The van der Waals surface area contributed by atoms with E-state index >= 15 is 0 Å². The van der Waals surface area contributed by atoms with E-state index < -0.39 is 4.92 Å². The molecule has 1 N–H and O–H groups in total. The van der Waals surface area contributed by atoms with Crippen LogP contribution in [0.15, 0.2) is 97.2 Å². The van der Waals surface area contributed by atoms with Gasteiger partial charge in [-0.15, -0.1) is 0 Å². The minimum Gasteiger partial charge on any atom is -0.497 e. The number of nitrogens with zero attached hydrogens (tertiary/aromatic N) is 4. The number of nitrogens with one attached hydrogen (secondary N) is 1. The molecule has 1 aliphatic heterocycles. The van der Waals surface area contributed by atoms with Crippen LogP contribution in [-0.2, 0) is 0 Å². The molecular formula is C34H31N5O5S. The Morgan fingerprint density at radius 3 is 2.20 bits per heavy atom. The molecule has 3 aromatic carbocycles. The van der Waals surface area contributed by atoms with Gasteiger partial charge in [0.05, 0.1) is 42.6 Å². The van der Waals surface area contributed by atoms with Crippen molar-refractivity contribution < 1.29 is 19.1 Å². The summed E-state index contributed by atoms with van der Waals surface area (Å²) in [6.45, 7) is 3.97. The summed E-state index contributed by atoms with van der Waals surface area (Å²) in [5.74, 6) is 2.65. The molecule has 0 unspecified atom stereocenters. The summed E-state index contributed by atoms with van der Waals surface area (Å²) < 4.78 is 18.9. The second kappa shape index (κ2) is 12.3. The molecule has 0 aliphatic carbocycles. The van der Waals surface area contributed by atoms with Crippen LogP contribution in [0.4, 0.5) is 11.4 Å².